The van der Waals surface area contributed by atoms with Crippen LogP contribution in [0, 0.1) is 6.92 Å². The predicted octanol–water partition coefficient (Wildman–Crippen LogP) is 2.39. The molecule has 0 saturated carbocycles. The fraction of sp³-hybridized carbons (Fsp3) is 0.429. The minimum absolute atomic E-state index is 0.0425. The SMILES string of the molecule is C=CCN(C(=O)NCc1cc(C(=O)O)c(C)o1)C(C)C. The third-order valence-electron chi connectivity index (χ3n) is 2.82. The van der Waals surface area contributed by atoms with Crippen molar-refractivity contribution < 1.29 is 19.1 Å². The van der Waals surface area contributed by atoms with Crippen molar-refractivity contribution in [2.75, 3.05) is 6.54 Å². The van der Waals surface area contributed by atoms with Crippen LogP contribution in [0.1, 0.15) is 35.7 Å². The van der Waals surface area contributed by atoms with Crippen LogP contribution >= 0.6 is 0 Å². The van der Waals surface area contributed by atoms with Gasteiger partial charge in [0.25, 0.3) is 0 Å². The number of amides is 2. The zero-order chi connectivity index (χ0) is 15.3. The van der Waals surface area contributed by atoms with Gasteiger partial charge < -0.3 is 19.7 Å². The molecule has 0 saturated heterocycles. The first-order valence-electron chi connectivity index (χ1n) is 6.34. The molecule has 2 N–H and O–H groups in total. The topological polar surface area (TPSA) is 82.8 Å². The molecule has 0 radical (unpaired) electrons. The van der Waals surface area contributed by atoms with Crippen molar-refractivity contribution in [2.24, 2.45) is 0 Å². The number of carbonyl (C=O) groups excluding carboxylic acids is 1. The normalized spacial score (nSPS) is 10.4. The van der Waals surface area contributed by atoms with Gasteiger partial charge in [-0.3, -0.25) is 0 Å². The molecule has 0 aromatic carbocycles. The lowest BCUT2D eigenvalue weighted by molar-refractivity contribution is 0.0695. The van der Waals surface area contributed by atoms with Crippen LogP contribution in [0.15, 0.2) is 23.1 Å². The summed E-state index contributed by atoms with van der Waals surface area (Å²) in [6, 6.07) is 1.22. The first kappa shape index (κ1) is 15.8. The summed E-state index contributed by atoms with van der Waals surface area (Å²) >= 11 is 0. The lowest BCUT2D eigenvalue weighted by Gasteiger charge is -2.25. The number of carbonyl (C=O) groups is 2. The monoisotopic (exact) mass is 280 g/mol. The molecule has 1 aromatic heterocycles. The summed E-state index contributed by atoms with van der Waals surface area (Å²) in [5.41, 5.74) is 0.112. The number of aryl methyl sites for hydroxylation is 1. The maximum Gasteiger partial charge on any atom is 0.339 e. The molecule has 0 spiro atoms. The highest BCUT2D eigenvalue weighted by Crippen LogP contribution is 2.14. The van der Waals surface area contributed by atoms with Crippen LogP contribution in [0.3, 0.4) is 0 Å². The van der Waals surface area contributed by atoms with Gasteiger partial charge in [0.15, 0.2) is 0 Å². The number of hydrogen-bond acceptors (Lipinski definition) is 3. The lowest BCUT2D eigenvalue weighted by Crippen LogP contribution is -2.43. The van der Waals surface area contributed by atoms with E-state index in [1.165, 1.54) is 6.07 Å². The van der Waals surface area contributed by atoms with Crippen molar-refractivity contribution in [1.29, 1.82) is 0 Å². The molecule has 20 heavy (non-hydrogen) atoms. The maximum atomic E-state index is 12.0. The Morgan fingerprint density at radius 2 is 2.20 bits per heavy atom. The molecule has 2 amide bonds. The van der Waals surface area contributed by atoms with Gasteiger partial charge in [-0.05, 0) is 26.8 Å². The van der Waals surface area contributed by atoms with E-state index in [0.29, 0.717) is 18.1 Å². The Kier molecular flexibility index (Phi) is 5.37. The molecule has 1 heterocycles. The summed E-state index contributed by atoms with van der Waals surface area (Å²) in [7, 11) is 0. The Hall–Kier alpha value is -2.24. The van der Waals surface area contributed by atoms with Crippen molar-refractivity contribution in [3.05, 3.63) is 35.8 Å². The minimum atomic E-state index is -1.04. The standard InChI is InChI=1S/C14H20N2O4/c1-5-6-16(9(2)3)14(19)15-8-11-7-12(13(17)18)10(4)20-11/h5,7,9H,1,6,8H2,2-4H3,(H,15,19)(H,17,18). The Bertz CT molecular complexity index is 505. The van der Waals surface area contributed by atoms with E-state index < -0.39 is 5.97 Å². The average molecular weight is 280 g/mol. The number of urea groups is 1. The third kappa shape index (κ3) is 3.88. The van der Waals surface area contributed by atoms with Gasteiger partial charge >= 0.3 is 12.0 Å². The highest BCUT2D eigenvalue weighted by atomic mass is 16.4. The number of aromatic carboxylic acids is 1. The fourth-order valence-electron chi connectivity index (χ4n) is 1.77. The Balaban J connectivity index is 2.66. The molecule has 1 aromatic rings. The van der Waals surface area contributed by atoms with E-state index in [1.807, 2.05) is 13.8 Å². The summed E-state index contributed by atoms with van der Waals surface area (Å²) in [4.78, 5) is 24.5. The average Bonchev–Trinajstić information content (AvgIpc) is 2.74. The number of furan rings is 1. The van der Waals surface area contributed by atoms with E-state index in [0.717, 1.165) is 0 Å². The number of carboxylic acid groups (broad SMARTS) is 1. The summed E-state index contributed by atoms with van der Waals surface area (Å²) in [6.07, 6.45) is 1.65. The van der Waals surface area contributed by atoms with Crippen LogP contribution in [0.5, 0.6) is 0 Å². The minimum Gasteiger partial charge on any atom is -0.478 e. The molecule has 0 bridgehead atoms. The van der Waals surface area contributed by atoms with E-state index in [1.54, 1.807) is 17.9 Å². The van der Waals surface area contributed by atoms with Gasteiger partial charge in [-0.2, -0.15) is 0 Å². The number of carboxylic acids is 1. The van der Waals surface area contributed by atoms with Crippen LogP contribution in [0.25, 0.3) is 0 Å². The second kappa shape index (κ2) is 6.79. The molecule has 6 heteroatoms. The van der Waals surface area contributed by atoms with Crippen LogP contribution < -0.4 is 5.32 Å². The van der Waals surface area contributed by atoms with Crippen LogP contribution in [0.4, 0.5) is 4.79 Å². The van der Waals surface area contributed by atoms with Crippen LogP contribution in [-0.4, -0.2) is 34.6 Å². The number of hydrogen-bond donors (Lipinski definition) is 2. The zero-order valence-corrected chi connectivity index (χ0v) is 12.0. The molecule has 6 nitrogen and oxygen atoms in total. The van der Waals surface area contributed by atoms with Gasteiger partial charge in [-0.25, -0.2) is 9.59 Å². The second-order valence-electron chi connectivity index (χ2n) is 4.68. The second-order valence-corrected chi connectivity index (χ2v) is 4.68. The molecule has 0 aliphatic carbocycles. The molecule has 1 rings (SSSR count). The smallest absolute Gasteiger partial charge is 0.339 e. The summed E-state index contributed by atoms with van der Waals surface area (Å²) in [5, 5.41) is 11.6. The van der Waals surface area contributed by atoms with E-state index in [9.17, 15) is 9.59 Å². The van der Waals surface area contributed by atoms with Crippen molar-refractivity contribution in [1.82, 2.24) is 10.2 Å². The van der Waals surface area contributed by atoms with Crippen molar-refractivity contribution in [3.63, 3.8) is 0 Å². The first-order valence-corrected chi connectivity index (χ1v) is 6.34. The number of nitrogens with one attached hydrogen (secondary N) is 1. The Morgan fingerprint density at radius 3 is 2.65 bits per heavy atom. The van der Waals surface area contributed by atoms with E-state index >= 15 is 0 Å². The lowest BCUT2D eigenvalue weighted by atomic mass is 10.2. The molecule has 0 aliphatic rings. The molecule has 0 unspecified atom stereocenters. The number of nitrogens with zero attached hydrogens (tertiary/aromatic N) is 1. The van der Waals surface area contributed by atoms with Gasteiger partial charge in [-0.1, -0.05) is 6.08 Å². The quantitative estimate of drug-likeness (QED) is 0.784. The predicted molar refractivity (Wildman–Crippen MR) is 74.7 cm³/mol. The van der Waals surface area contributed by atoms with Gasteiger partial charge in [0.2, 0.25) is 0 Å². The van der Waals surface area contributed by atoms with Gasteiger partial charge in [0, 0.05) is 12.6 Å². The fourth-order valence-corrected chi connectivity index (χ4v) is 1.77. The Morgan fingerprint density at radius 1 is 1.55 bits per heavy atom. The summed E-state index contributed by atoms with van der Waals surface area (Å²) < 4.78 is 5.29. The summed E-state index contributed by atoms with van der Waals surface area (Å²) in [5.74, 6) is -0.302. The van der Waals surface area contributed by atoms with Gasteiger partial charge in [0.1, 0.15) is 17.1 Å². The van der Waals surface area contributed by atoms with Crippen molar-refractivity contribution >= 4 is 12.0 Å². The molecule has 0 aliphatic heterocycles. The van der Waals surface area contributed by atoms with Gasteiger partial charge in [0.05, 0.1) is 6.54 Å². The Labute approximate surface area is 118 Å². The van der Waals surface area contributed by atoms with Crippen molar-refractivity contribution in [2.45, 2.75) is 33.4 Å². The largest absolute Gasteiger partial charge is 0.478 e. The van der Waals surface area contributed by atoms with E-state index in [-0.39, 0.29) is 24.2 Å². The highest BCUT2D eigenvalue weighted by molar-refractivity contribution is 5.88. The van der Waals surface area contributed by atoms with E-state index in [2.05, 4.69) is 11.9 Å². The molecular formula is C14H20N2O4. The third-order valence-corrected chi connectivity index (χ3v) is 2.82. The summed E-state index contributed by atoms with van der Waals surface area (Å²) in [6.45, 7) is 9.59. The van der Waals surface area contributed by atoms with Crippen LogP contribution in [0.2, 0.25) is 0 Å². The maximum absolute atomic E-state index is 12.0. The number of rotatable bonds is 6. The molecule has 110 valence electrons. The van der Waals surface area contributed by atoms with E-state index in [4.69, 9.17) is 9.52 Å². The molecular weight excluding hydrogens is 260 g/mol. The first-order chi connectivity index (χ1) is 9.36. The molecule has 0 fully saturated rings. The highest BCUT2D eigenvalue weighted by Gasteiger charge is 2.17. The van der Waals surface area contributed by atoms with Crippen LogP contribution in [-0.2, 0) is 6.54 Å². The zero-order valence-electron chi connectivity index (χ0n) is 12.0. The molecule has 0 atom stereocenters. The van der Waals surface area contributed by atoms with Crippen molar-refractivity contribution in [3.8, 4) is 0 Å². The van der Waals surface area contributed by atoms with Gasteiger partial charge in [-0.15, -0.1) is 6.58 Å².